The van der Waals surface area contributed by atoms with Crippen molar-refractivity contribution < 1.29 is 25.2 Å². The van der Waals surface area contributed by atoms with E-state index in [4.69, 9.17) is 15.0 Å². The van der Waals surface area contributed by atoms with E-state index in [0.717, 1.165) is 101 Å². The molecule has 107 heavy (non-hydrogen) atoms. The normalized spacial score (nSPS) is 12.1. The smallest absolute Gasteiger partial charge is 0.148 e. The van der Waals surface area contributed by atoms with Crippen LogP contribution in [0, 0.1) is 12.1 Å². The fraction of sp³-hybridized carbons (Fsp3) is 0.242. The number of imidazole rings is 3. The van der Waals surface area contributed by atoms with Gasteiger partial charge in [0.2, 0.25) is 0 Å². The molecule has 15 aromatic rings. The Kier molecular flexibility index (Phi) is 21.0. The molecule has 0 saturated carbocycles. The number of benzene rings is 12. The molecule has 3 aromatic heterocycles. The quantitative estimate of drug-likeness (QED) is 0.110. The largest absolute Gasteiger partial charge is 0.507 e. The zero-order valence-electron chi connectivity index (χ0n) is 65.0. The van der Waals surface area contributed by atoms with Gasteiger partial charge in [-0.25, -0.2) is 4.98 Å². The van der Waals surface area contributed by atoms with Crippen molar-refractivity contribution in [1.82, 2.24) is 28.7 Å². The van der Waals surface area contributed by atoms with Gasteiger partial charge in [-0.3, -0.25) is 14.5 Å². The second-order valence-electron chi connectivity index (χ2n) is 32.8. The van der Waals surface area contributed by atoms with Gasteiger partial charge in [-0.1, -0.05) is 274 Å². The predicted molar refractivity (Wildman–Crippen MR) is 447 cm³/mol. The van der Waals surface area contributed by atoms with Crippen LogP contribution in [0.1, 0.15) is 180 Å². The maximum atomic E-state index is 12.1. The van der Waals surface area contributed by atoms with Crippen molar-refractivity contribution in [3.05, 3.63) is 306 Å². The molecular formula is C99H98IrN6O-2. The summed E-state index contributed by atoms with van der Waals surface area (Å²) < 4.78 is 7.07. The summed E-state index contributed by atoms with van der Waals surface area (Å²) in [5, 5.41) is 12.1. The third kappa shape index (κ3) is 14.7. The summed E-state index contributed by atoms with van der Waals surface area (Å²) in [7, 11) is 0. The molecule has 0 spiro atoms. The van der Waals surface area contributed by atoms with Crippen LogP contribution in [0.3, 0.4) is 0 Å². The molecule has 1 N–H and O–H groups in total. The molecule has 8 heteroatoms. The van der Waals surface area contributed by atoms with Crippen LogP contribution in [-0.2, 0) is 36.4 Å². The van der Waals surface area contributed by atoms with Gasteiger partial charge in [0.15, 0.2) is 0 Å². The molecule has 15 rings (SSSR count). The van der Waals surface area contributed by atoms with Crippen molar-refractivity contribution in [2.75, 3.05) is 0 Å². The molecule has 0 aliphatic carbocycles. The zero-order valence-corrected chi connectivity index (χ0v) is 67.4. The minimum absolute atomic E-state index is 0. The van der Waals surface area contributed by atoms with E-state index >= 15 is 0 Å². The number of phenols is 1. The van der Waals surface area contributed by atoms with Gasteiger partial charge in [0, 0.05) is 42.6 Å². The van der Waals surface area contributed by atoms with Gasteiger partial charge in [-0.05, 0) is 174 Å². The molecular weight excluding hydrogens is 1480 g/mol. The van der Waals surface area contributed by atoms with Crippen molar-refractivity contribution in [3.8, 4) is 101 Å². The van der Waals surface area contributed by atoms with Gasteiger partial charge < -0.3 is 14.2 Å². The van der Waals surface area contributed by atoms with Crippen LogP contribution >= 0.6 is 0 Å². The molecule has 0 atom stereocenters. The number of para-hydroxylation sites is 5. The number of aromatic hydroxyl groups is 1. The van der Waals surface area contributed by atoms with E-state index in [9.17, 15) is 5.11 Å². The van der Waals surface area contributed by atoms with Crippen LogP contribution in [0.5, 0.6) is 5.75 Å². The first-order chi connectivity index (χ1) is 50.7. The maximum absolute atomic E-state index is 12.1. The summed E-state index contributed by atoms with van der Waals surface area (Å²) in [6.07, 6.45) is 0. The van der Waals surface area contributed by atoms with Crippen LogP contribution in [0.4, 0.5) is 0 Å². The Bertz CT molecular complexity index is 5460. The van der Waals surface area contributed by atoms with E-state index in [1.165, 1.54) is 61.4 Å². The van der Waals surface area contributed by atoms with Gasteiger partial charge >= 0.3 is 0 Å². The Morgan fingerprint density at radius 3 is 1.21 bits per heavy atom. The number of phenolic OH excluding ortho intramolecular Hbond substituents is 1. The Labute approximate surface area is 647 Å². The molecule has 0 amide bonds. The standard InChI is InChI=1S/C56H53N4.C43H45N2O.Ir/c1-35(2)45-31-43(39-20-11-9-12-21-39)32-46(36(3)4)53(45)59-51-28-17-15-26-49(51)57-55(59)41-24-19-25-42(30-41)56-58-50-27-16-18-29-52(50)60(56)54-47(37(5)6)33-44(34-48(54)38(7)8)40-22-13-10-14-23-40;1-41(2,3)30-23-24-36(33(25-30)29-19-14-11-15-20-29)45-37-22-16-21-32(28-17-12-10-13-18-28)38(37)44-40(45)34-26-31(42(4,5)6)27-35(39(34)46)43(7,8)9;/h9-29,31-38H,1-8H3;10-17,19-27,46H,1-9H3;/q2*-1;. The molecule has 1 radical (unpaired) electrons. The van der Waals surface area contributed by atoms with Crippen LogP contribution in [0.15, 0.2) is 255 Å². The molecule has 0 unspecified atom stereocenters. The van der Waals surface area contributed by atoms with E-state index < -0.39 is 0 Å². The van der Waals surface area contributed by atoms with Gasteiger partial charge in [-0.2, -0.15) is 0 Å². The Morgan fingerprint density at radius 2 is 0.757 bits per heavy atom. The molecule has 0 aliphatic heterocycles. The van der Waals surface area contributed by atoms with E-state index in [0.29, 0.717) is 5.82 Å². The van der Waals surface area contributed by atoms with E-state index in [-0.39, 0.29) is 65.8 Å². The summed E-state index contributed by atoms with van der Waals surface area (Å²) in [5.41, 5.74) is 29.2. The molecule has 3 heterocycles. The van der Waals surface area contributed by atoms with Crippen molar-refractivity contribution in [3.63, 3.8) is 0 Å². The Morgan fingerprint density at radius 1 is 0.336 bits per heavy atom. The summed E-state index contributed by atoms with van der Waals surface area (Å²) in [4.78, 5) is 16.3. The first-order valence-corrected chi connectivity index (χ1v) is 37.8. The fourth-order valence-electron chi connectivity index (χ4n) is 15.0. The molecule has 0 bridgehead atoms. The Balaban J connectivity index is 0.000000194. The van der Waals surface area contributed by atoms with Gasteiger partial charge in [-0.15, -0.1) is 60.2 Å². The van der Waals surface area contributed by atoms with Crippen LogP contribution in [-0.4, -0.2) is 33.8 Å². The summed E-state index contributed by atoms with van der Waals surface area (Å²) in [6.45, 7) is 38.3. The first kappa shape index (κ1) is 74.8. The summed E-state index contributed by atoms with van der Waals surface area (Å²) in [5.74, 6) is 3.80. The second-order valence-corrected chi connectivity index (χ2v) is 32.8. The van der Waals surface area contributed by atoms with Gasteiger partial charge in [0.25, 0.3) is 0 Å². The molecule has 0 aliphatic rings. The topological polar surface area (TPSA) is 73.7 Å². The van der Waals surface area contributed by atoms with Gasteiger partial charge in [0.05, 0.1) is 56.0 Å². The average molecular weight is 1580 g/mol. The molecule has 541 valence electrons. The predicted octanol–water partition coefficient (Wildman–Crippen LogP) is 26.7. The second kappa shape index (κ2) is 30.0. The zero-order chi connectivity index (χ0) is 74.7. The summed E-state index contributed by atoms with van der Waals surface area (Å²) >= 11 is 0. The van der Waals surface area contributed by atoms with Crippen molar-refractivity contribution in [1.29, 1.82) is 0 Å². The number of hydrogen-bond donors (Lipinski definition) is 1. The first-order valence-electron chi connectivity index (χ1n) is 37.8. The van der Waals surface area contributed by atoms with E-state index in [1.54, 1.807) is 0 Å². The van der Waals surface area contributed by atoms with Crippen LogP contribution in [0.25, 0.3) is 129 Å². The number of aromatic nitrogens is 6. The minimum atomic E-state index is -0.273. The van der Waals surface area contributed by atoms with Crippen LogP contribution in [0.2, 0.25) is 0 Å². The summed E-state index contributed by atoms with van der Waals surface area (Å²) in [6, 6.07) is 98.0. The molecule has 0 saturated heterocycles. The van der Waals surface area contributed by atoms with Crippen molar-refractivity contribution in [2.24, 2.45) is 0 Å². The number of nitrogens with zero attached hydrogens (tertiary/aromatic N) is 6. The number of rotatable bonds is 14. The van der Waals surface area contributed by atoms with E-state index in [1.807, 2.05) is 18.2 Å². The van der Waals surface area contributed by atoms with Gasteiger partial charge in [0.1, 0.15) is 11.6 Å². The third-order valence-corrected chi connectivity index (χ3v) is 20.8. The van der Waals surface area contributed by atoms with Crippen molar-refractivity contribution >= 4 is 33.1 Å². The monoisotopic (exact) mass is 1580 g/mol. The van der Waals surface area contributed by atoms with E-state index in [2.05, 4.69) is 380 Å². The molecule has 0 fully saturated rings. The molecule has 7 nitrogen and oxygen atoms in total. The SMILES string of the molecule is CC(C)(C)c1ccc(-n2c(-c3cc(C(C)(C)C)cc(C(C)(C)C)c3O)nc3c(-c4[c-]cccc4)cccc32)c(-c2ccccc2)c1.CC(C)c1cc(-c2ccccc2)cc(C(C)C)c1-n1c(-c2[c-]c(-c3nc4ccccc4n3-c3c(C(C)C)cc(-c4ccccc4)cc3C(C)C)ccc2)nc2ccccc21.[Ir]. The fourth-order valence-corrected chi connectivity index (χ4v) is 15.0. The number of fused-ring (bicyclic) bond motifs is 3. The molecule has 12 aromatic carbocycles. The maximum Gasteiger partial charge on any atom is 0.148 e. The average Bonchev–Trinajstić information content (AvgIpc) is 1.62. The number of hydrogen-bond acceptors (Lipinski definition) is 4. The van der Waals surface area contributed by atoms with Crippen LogP contribution < -0.4 is 0 Å². The van der Waals surface area contributed by atoms with Crippen molar-refractivity contribution in [2.45, 2.75) is 158 Å². The Hall–Kier alpha value is -10.5. The minimum Gasteiger partial charge on any atom is -0.507 e. The third-order valence-electron chi connectivity index (χ3n) is 20.8.